The van der Waals surface area contributed by atoms with Crippen molar-refractivity contribution in [1.82, 2.24) is 9.78 Å². The van der Waals surface area contributed by atoms with Crippen LogP contribution in [0.5, 0.6) is 0 Å². The van der Waals surface area contributed by atoms with Crippen molar-refractivity contribution in [1.29, 1.82) is 0 Å². The fraction of sp³-hybridized carbons (Fsp3) is 0.182. The molecule has 0 aliphatic rings. The number of halogens is 1. The van der Waals surface area contributed by atoms with Crippen LogP contribution in [0.1, 0.15) is 6.92 Å². The van der Waals surface area contributed by atoms with Crippen LogP contribution in [-0.4, -0.2) is 9.78 Å². The van der Waals surface area contributed by atoms with Crippen LogP contribution >= 0.6 is 15.9 Å². The molecule has 4 heteroatoms. The third-order valence-corrected chi connectivity index (χ3v) is 2.81. The standard InChI is InChI=1S/C11H12BrN3/c1-2-15-11(10(13)7-14-15)8-3-5-9(12)6-4-8/h3-7H,2,13H2,1H3. The summed E-state index contributed by atoms with van der Waals surface area (Å²) in [7, 11) is 0. The van der Waals surface area contributed by atoms with Gasteiger partial charge in [-0.15, -0.1) is 0 Å². The largest absolute Gasteiger partial charge is 0.396 e. The molecule has 0 atom stereocenters. The molecule has 1 aromatic carbocycles. The average molecular weight is 266 g/mol. The minimum absolute atomic E-state index is 0.721. The topological polar surface area (TPSA) is 43.8 Å². The molecule has 2 rings (SSSR count). The van der Waals surface area contributed by atoms with E-state index in [2.05, 4.69) is 28.0 Å². The van der Waals surface area contributed by atoms with Crippen molar-refractivity contribution in [3.8, 4) is 11.3 Å². The van der Waals surface area contributed by atoms with Crippen molar-refractivity contribution in [2.75, 3.05) is 5.73 Å². The van der Waals surface area contributed by atoms with E-state index in [4.69, 9.17) is 5.73 Å². The maximum absolute atomic E-state index is 5.89. The molecule has 0 spiro atoms. The van der Waals surface area contributed by atoms with E-state index < -0.39 is 0 Å². The van der Waals surface area contributed by atoms with Crippen LogP contribution < -0.4 is 5.73 Å². The predicted octanol–water partition coefficient (Wildman–Crippen LogP) is 2.91. The van der Waals surface area contributed by atoms with Crippen LogP contribution in [0.2, 0.25) is 0 Å². The summed E-state index contributed by atoms with van der Waals surface area (Å²) in [4.78, 5) is 0. The number of nitrogens with two attached hydrogens (primary N) is 1. The number of nitrogens with zero attached hydrogens (tertiary/aromatic N) is 2. The Labute approximate surface area is 97.0 Å². The molecule has 3 nitrogen and oxygen atoms in total. The highest BCUT2D eigenvalue weighted by Crippen LogP contribution is 2.26. The van der Waals surface area contributed by atoms with Gasteiger partial charge < -0.3 is 5.73 Å². The number of hydrogen-bond donors (Lipinski definition) is 1. The van der Waals surface area contributed by atoms with Crippen LogP contribution in [0.3, 0.4) is 0 Å². The monoisotopic (exact) mass is 265 g/mol. The van der Waals surface area contributed by atoms with Crippen LogP contribution in [-0.2, 0) is 6.54 Å². The highest BCUT2D eigenvalue weighted by molar-refractivity contribution is 9.10. The van der Waals surface area contributed by atoms with Gasteiger partial charge in [-0.3, -0.25) is 4.68 Å². The molecular formula is C11H12BrN3. The summed E-state index contributed by atoms with van der Waals surface area (Å²) >= 11 is 3.41. The van der Waals surface area contributed by atoms with Gasteiger partial charge in [-0.05, 0) is 19.1 Å². The second kappa shape index (κ2) is 4.06. The zero-order valence-corrected chi connectivity index (χ0v) is 10.0. The van der Waals surface area contributed by atoms with Gasteiger partial charge in [-0.2, -0.15) is 5.10 Å². The summed E-state index contributed by atoms with van der Waals surface area (Å²) in [5, 5.41) is 4.21. The summed E-state index contributed by atoms with van der Waals surface area (Å²) in [6.07, 6.45) is 1.70. The number of hydrogen-bond acceptors (Lipinski definition) is 2. The summed E-state index contributed by atoms with van der Waals surface area (Å²) in [6, 6.07) is 8.07. The summed E-state index contributed by atoms with van der Waals surface area (Å²) in [6.45, 7) is 2.87. The molecule has 0 fully saturated rings. The van der Waals surface area contributed by atoms with E-state index in [1.807, 2.05) is 28.9 Å². The lowest BCUT2D eigenvalue weighted by Gasteiger charge is -2.06. The van der Waals surface area contributed by atoms with E-state index in [1.54, 1.807) is 6.20 Å². The van der Waals surface area contributed by atoms with Crippen molar-refractivity contribution >= 4 is 21.6 Å². The Hall–Kier alpha value is -1.29. The molecule has 0 radical (unpaired) electrons. The van der Waals surface area contributed by atoms with Gasteiger partial charge in [0.2, 0.25) is 0 Å². The van der Waals surface area contributed by atoms with E-state index in [0.29, 0.717) is 0 Å². The average Bonchev–Trinajstić information content (AvgIpc) is 2.61. The van der Waals surface area contributed by atoms with Crippen molar-refractivity contribution in [2.45, 2.75) is 13.5 Å². The molecule has 0 bridgehead atoms. The highest BCUT2D eigenvalue weighted by Gasteiger charge is 2.08. The van der Waals surface area contributed by atoms with Gasteiger partial charge in [0.05, 0.1) is 17.6 Å². The number of benzene rings is 1. The Bertz CT molecular complexity index is 459. The van der Waals surface area contributed by atoms with E-state index in [9.17, 15) is 0 Å². The molecule has 0 saturated carbocycles. The fourth-order valence-corrected chi connectivity index (χ4v) is 1.83. The molecular weight excluding hydrogens is 254 g/mol. The molecule has 2 aromatic rings. The molecule has 0 aliphatic carbocycles. The number of aryl methyl sites for hydroxylation is 1. The minimum atomic E-state index is 0.721. The summed E-state index contributed by atoms with van der Waals surface area (Å²) in [5.74, 6) is 0. The first kappa shape index (κ1) is 10.2. The summed E-state index contributed by atoms with van der Waals surface area (Å²) in [5.41, 5.74) is 8.70. The van der Waals surface area contributed by atoms with Gasteiger partial charge in [0.1, 0.15) is 0 Å². The predicted molar refractivity (Wildman–Crippen MR) is 65.4 cm³/mol. The lowest BCUT2D eigenvalue weighted by atomic mass is 10.1. The molecule has 0 saturated heterocycles. The Morgan fingerprint density at radius 3 is 2.60 bits per heavy atom. The summed E-state index contributed by atoms with van der Waals surface area (Å²) < 4.78 is 2.96. The third-order valence-electron chi connectivity index (χ3n) is 2.28. The fourth-order valence-electron chi connectivity index (χ4n) is 1.56. The first-order valence-corrected chi connectivity index (χ1v) is 5.59. The molecule has 0 unspecified atom stereocenters. The first-order valence-electron chi connectivity index (χ1n) is 4.79. The molecule has 0 aliphatic heterocycles. The number of rotatable bonds is 2. The van der Waals surface area contributed by atoms with E-state index >= 15 is 0 Å². The van der Waals surface area contributed by atoms with E-state index in [-0.39, 0.29) is 0 Å². The van der Waals surface area contributed by atoms with Gasteiger partial charge in [-0.25, -0.2) is 0 Å². The molecule has 1 aromatic heterocycles. The van der Waals surface area contributed by atoms with Crippen molar-refractivity contribution in [3.05, 3.63) is 34.9 Å². The zero-order valence-electron chi connectivity index (χ0n) is 8.44. The van der Waals surface area contributed by atoms with Gasteiger partial charge in [0.25, 0.3) is 0 Å². The Balaban J connectivity index is 2.52. The Morgan fingerprint density at radius 2 is 2.00 bits per heavy atom. The second-order valence-electron chi connectivity index (χ2n) is 3.27. The van der Waals surface area contributed by atoms with Crippen LogP contribution in [0.25, 0.3) is 11.3 Å². The number of anilines is 1. The zero-order chi connectivity index (χ0) is 10.8. The minimum Gasteiger partial charge on any atom is -0.396 e. The lowest BCUT2D eigenvalue weighted by Crippen LogP contribution is -1.99. The van der Waals surface area contributed by atoms with Crippen LogP contribution in [0.15, 0.2) is 34.9 Å². The van der Waals surface area contributed by atoms with Crippen molar-refractivity contribution in [2.24, 2.45) is 0 Å². The lowest BCUT2D eigenvalue weighted by molar-refractivity contribution is 0.667. The first-order chi connectivity index (χ1) is 7.22. The van der Waals surface area contributed by atoms with Crippen LogP contribution in [0, 0.1) is 0 Å². The van der Waals surface area contributed by atoms with Gasteiger partial charge in [0.15, 0.2) is 0 Å². The molecule has 0 amide bonds. The maximum Gasteiger partial charge on any atom is 0.0911 e. The Morgan fingerprint density at radius 1 is 1.33 bits per heavy atom. The molecule has 1 heterocycles. The highest BCUT2D eigenvalue weighted by atomic mass is 79.9. The second-order valence-corrected chi connectivity index (χ2v) is 4.19. The molecule has 15 heavy (non-hydrogen) atoms. The van der Waals surface area contributed by atoms with E-state index in [0.717, 1.165) is 28.0 Å². The van der Waals surface area contributed by atoms with E-state index in [1.165, 1.54) is 0 Å². The van der Waals surface area contributed by atoms with Gasteiger partial charge in [0, 0.05) is 16.6 Å². The number of aromatic nitrogens is 2. The Kier molecular flexibility index (Phi) is 2.77. The third kappa shape index (κ3) is 1.90. The van der Waals surface area contributed by atoms with Gasteiger partial charge in [-0.1, -0.05) is 28.1 Å². The molecule has 2 N–H and O–H groups in total. The van der Waals surface area contributed by atoms with Crippen molar-refractivity contribution < 1.29 is 0 Å². The SMILES string of the molecule is CCn1ncc(N)c1-c1ccc(Br)cc1. The maximum atomic E-state index is 5.89. The van der Waals surface area contributed by atoms with Crippen LogP contribution in [0.4, 0.5) is 5.69 Å². The quantitative estimate of drug-likeness (QED) is 0.908. The van der Waals surface area contributed by atoms with Gasteiger partial charge >= 0.3 is 0 Å². The van der Waals surface area contributed by atoms with Crippen molar-refractivity contribution in [3.63, 3.8) is 0 Å². The molecule has 78 valence electrons. The normalized spacial score (nSPS) is 10.5. The smallest absolute Gasteiger partial charge is 0.0911 e. The number of nitrogen functional groups attached to an aromatic ring is 1.